The lowest BCUT2D eigenvalue weighted by Gasteiger charge is -2.27. The van der Waals surface area contributed by atoms with Crippen molar-refractivity contribution < 1.29 is 23.6 Å². The van der Waals surface area contributed by atoms with Crippen LogP contribution in [0.5, 0.6) is 5.75 Å². The van der Waals surface area contributed by atoms with Crippen LogP contribution < -0.4 is 20.3 Å². The van der Waals surface area contributed by atoms with E-state index in [0.717, 1.165) is 16.0 Å². The van der Waals surface area contributed by atoms with Crippen molar-refractivity contribution in [3.63, 3.8) is 0 Å². The van der Waals surface area contributed by atoms with Crippen molar-refractivity contribution in [2.24, 2.45) is 0 Å². The molecule has 3 N–H and O–H groups in total. The predicted molar refractivity (Wildman–Crippen MR) is 99.9 cm³/mol. The minimum Gasteiger partial charge on any atom is -0.494 e. The summed E-state index contributed by atoms with van der Waals surface area (Å²) in [6, 6.07) is 12.8. The number of likely N-dealkylation sites (N-methyl/N-ethyl adjacent to an activating group) is 1. The summed E-state index contributed by atoms with van der Waals surface area (Å²) in [5.74, 6) is -0.684. The van der Waals surface area contributed by atoms with Gasteiger partial charge in [-0.25, -0.2) is 9.18 Å². The fourth-order valence-electron chi connectivity index (χ4n) is 2.98. The van der Waals surface area contributed by atoms with E-state index in [1.807, 2.05) is 37.3 Å². The van der Waals surface area contributed by atoms with Gasteiger partial charge in [-0.2, -0.15) is 0 Å². The van der Waals surface area contributed by atoms with Gasteiger partial charge >= 0.3 is 6.03 Å². The monoisotopic (exact) mass is 374 g/mol. The predicted octanol–water partition coefficient (Wildman–Crippen LogP) is 1.44. The Labute approximate surface area is 158 Å². The highest BCUT2D eigenvalue weighted by molar-refractivity contribution is 5.96. The zero-order valence-corrected chi connectivity index (χ0v) is 15.7. The summed E-state index contributed by atoms with van der Waals surface area (Å²) in [4.78, 5) is 25.3. The van der Waals surface area contributed by atoms with E-state index in [4.69, 9.17) is 4.74 Å². The van der Waals surface area contributed by atoms with Gasteiger partial charge in [0.2, 0.25) is 0 Å². The Bertz CT molecular complexity index is 783. The second kappa shape index (κ2) is 9.68. The molecule has 2 aromatic carbocycles. The van der Waals surface area contributed by atoms with Crippen LogP contribution in [0.3, 0.4) is 0 Å². The van der Waals surface area contributed by atoms with Crippen molar-refractivity contribution in [3.05, 3.63) is 65.5 Å². The van der Waals surface area contributed by atoms with Crippen molar-refractivity contribution in [1.29, 1.82) is 0 Å². The van der Waals surface area contributed by atoms with E-state index in [1.54, 1.807) is 12.1 Å². The zero-order valence-electron chi connectivity index (χ0n) is 15.7. The van der Waals surface area contributed by atoms with E-state index < -0.39 is 23.8 Å². The van der Waals surface area contributed by atoms with E-state index >= 15 is 0 Å². The molecule has 2 atom stereocenters. The number of carbonyl (C=O) groups is 2. The Morgan fingerprint density at radius 3 is 2.44 bits per heavy atom. The first kappa shape index (κ1) is 20.4. The van der Waals surface area contributed by atoms with Gasteiger partial charge in [0.25, 0.3) is 5.91 Å². The number of ether oxygens (including phenoxy) is 1. The summed E-state index contributed by atoms with van der Waals surface area (Å²) in [5.41, 5.74) is 1.52. The number of amides is 3. The normalized spacial score (nSPS) is 12.7. The summed E-state index contributed by atoms with van der Waals surface area (Å²) in [7, 11) is 2.86. The molecule has 0 radical (unpaired) electrons. The lowest BCUT2D eigenvalue weighted by molar-refractivity contribution is -0.933. The Morgan fingerprint density at radius 1 is 1.19 bits per heavy atom. The van der Waals surface area contributed by atoms with Crippen molar-refractivity contribution >= 4 is 11.9 Å². The van der Waals surface area contributed by atoms with E-state index in [1.165, 1.54) is 20.2 Å². The minimum atomic E-state index is -0.612. The standard InChI is InChI=1S/C20H24FN3O3/c1-4-24(13-14-10-11-17(27-3)16(21)12-14)18(15-8-6-5-7-9-15)19(25)23-20(26)22-2/h5-12,18H,4,13H2,1-3H3,(H2,22,23,25,26)/p+1/t18-/m0/s1. The van der Waals surface area contributed by atoms with E-state index in [0.29, 0.717) is 13.1 Å². The topological polar surface area (TPSA) is 71.9 Å². The lowest BCUT2D eigenvalue weighted by atomic mass is 10.0. The van der Waals surface area contributed by atoms with Gasteiger partial charge in [0.1, 0.15) is 6.54 Å². The van der Waals surface area contributed by atoms with Crippen LogP contribution in [0.4, 0.5) is 9.18 Å². The van der Waals surface area contributed by atoms with Crippen LogP contribution in [0.25, 0.3) is 0 Å². The number of halogens is 1. The van der Waals surface area contributed by atoms with Crippen LogP contribution in [0.1, 0.15) is 24.1 Å². The molecule has 0 saturated carbocycles. The summed E-state index contributed by atoms with van der Waals surface area (Å²) in [6.07, 6.45) is 0. The average Bonchev–Trinajstić information content (AvgIpc) is 2.68. The van der Waals surface area contributed by atoms with Crippen LogP contribution in [-0.4, -0.2) is 32.6 Å². The first-order valence-electron chi connectivity index (χ1n) is 8.74. The molecule has 0 fully saturated rings. The van der Waals surface area contributed by atoms with Gasteiger partial charge in [-0.1, -0.05) is 30.3 Å². The van der Waals surface area contributed by atoms with Gasteiger partial charge in [0.15, 0.2) is 17.6 Å². The Hall–Kier alpha value is -2.93. The van der Waals surface area contributed by atoms with Crippen molar-refractivity contribution in [2.45, 2.75) is 19.5 Å². The molecule has 0 aliphatic rings. The van der Waals surface area contributed by atoms with Crippen LogP contribution in [0.15, 0.2) is 48.5 Å². The third-order valence-corrected chi connectivity index (χ3v) is 4.37. The number of urea groups is 1. The Balaban J connectivity index is 2.32. The van der Waals surface area contributed by atoms with Gasteiger partial charge in [-0.15, -0.1) is 0 Å². The molecule has 2 aromatic rings. The maximum Gasteiger partial charge on any atom is 0.321 e. The molecule has 0 aromatic heterocycles. The first-order valence-corrected chi connectivity index (χ1v) is 8.74. The number of methoxy groups -OCH3 is 1. The number of rotatable bonds is 7. The fourth-order valence-corrected chi connectivity index (χ4v) is 2.98. The van der Waals surface area contributed by atoms with Crippen LogP contribution in [-0.2, 0) is 11.3 Å². The zero-order chi connectivity index (χ0) is 19.8. The quantitative estimate of drug-likeness (QED) is 0.687. The highest BCUT2D eigenvalue weighted by Gasteiger charge is 2.31. The number of carbonyl (C=O) groups excluding carboxylic acids is 2. The second-order valence-corrected chi connectivity index (χ2v) is 6.07. The molecule has 1 unspecified atom stereocenters. The Morgan fingerprint density at radius 2 is 1.89 bits per heavy atom. The smallest absolute Gasteiger partial charge is 0.321 e. The molecule has 2 rings (SSSR count). The number of imide groups is 1. The highest BCUT2D eigenvalue weighted by atomic mass is 19.1. The van der Waals surface area contributed by atoms with Crippen LogP contribution in [0, 0.1) is 5.82 Å². The molecule has 6 nitrogen and oxygen atoms in total. The van der Waals surface area contributed by atoms with Crippen molar-refractivity contribution in [1.82, 2.24) is 10.6 Å². The molecule has 27 heavy (non-hydrogen) atoms. The van der Waals surface area contributed by atoms with Crippen molar-refractivity contribution in [3.8, 4) is 5.75 Å². The number of nitrogens with one attached hydrogen (secondary N) is 3. The first-order chi connectivity index (χ1) is 13.0. The molecular formula is C20H25FN3O3+. The maximum atomic E-state index is 14.0. The Kier molecular flexibility index (Phi) is 7.31. The fraction of sp³-hybridized carbons (Fsp3) is 0.300. The highest BCUT2D eigenvalue weighted by Crippen LogP contribution is 2.18. The summed E-state index contributed by atoms with van der Waals surface area (Å²) >= 11 is 0. The van der Waals surface area contributed by atoms with E-state index in [9.17, 15) is 14.0 Å². The van der Waals surface area contributed by atoms with Gasteiger partial charge in [-0.05, 0) is 25.1 Å². The molecule has 7 heteroatoms. The molecule has 0 aliphatic carbocycles. The molecule has 3 amide bonds. The van der Waals surface area contributed by atoms with E-state index in [2.05, 4.69) is 10.6 Å². The summed E-state index contributed by atoms with van der Waals surface area (Å²) < 4.78 is 19.0. The molecular weight excluding hydrogens is 349 g/mol. The number of quaternary nitrogens is 1. The summed E-state index contributed by atoms with van der Waals surface area (Å²) in [6.45, 7) is 2.96. The maximum absolute atomic E-state index is 14.0. The van der Waals surface area contributed by atoms with Crippen LogP contribution >= 0.6 is 0 Å². The molecule has 0 bridgehead atoms. The molecule has 0 spiro atoms. The van der Waals surface area contributed by atoms with Gasteiger partial charge < -0.3 is 15.0 Å². The van der Waals surface area contributed by atoms with Crippen molar-refractivity contribution in [2.75, 3.05) is 20.7 Å². The number of hydrogen-bond donors (Lipinski definition) is 3. The average molecular weight is 374 g/mol. The van der Waals surface area contributed by atoms with Crippen LogP contribution in [0.2, 0.25) is 0 Å². The number of benzene rings is 2. The SMILES string of the molecule is CC[NH+](Cc1ccc(OC)c(F)c1)[C@H](C(=O)NC(=O)NC)c1ccccc1. The molecule has 0 saturated heterocycles. The van der Waals surface area contributed by atoms with Gasteiger partial charge in [-0.3, -0.25) is 10.1 Å². The van der Waals surface area contributed by atoms with E-state index in [-0.39, 0.29) is 5.75 Å². The molecule has 0 heterocycles. The third kappa shape index (κ3) is 5.27. The summed E-state index contributed by atoms with van der Waals surface area (Å²) in [5, 5.41) is 4.74. The largest absolute Gasteiger partial charge is 0.494 e. The lowest BCUT2D eigenvalue weighted by Crippen LogP contribution is -3.12. The van der Waals surface area contributed by atoms with Gasteiger partial charge in [0, 0.05) is 18.2 Å². The minimum absolute atomic E-state index is 0.175. The second-order valence-electron chi connectivity index (χ2n) is 6.07. The van der Waals surface area contributed by atoms with Gasteiger partial charge in [0.05, 0.1) is 13.7 Å². The molecule has 0 aliphatic heterocycles. The molecule has 144 valence electrons. The number of hydrogen-bond acceptors (Lipinski definition) is 3. The third-order valence-electron chi connectivity index (χ3n) is 4.37.